The number of benzene rings is 1. The number of nitrogen functional groups attached to an aromatic ring is 1. The Morgan fingerprint density at radius 2 is 1.90 bits per heavy atom. The van der Waals surface area contributed by atoms with Crippen LogP contribution >= 0.6 is 22.9 Å². The van der Waals surface area contributed by atoms with E-state index in [4.69, 9.17) is 26.9 Å². The lowest BCUT2D eigenvalue weighted by molar-refractivity contribution is -0.911. The van der Waals surface area contributed by atoms with Crippen molar-refractivity contribution in [2.75, 3.05) is 45.1 Å². The predicted molar refractivity (Wildman–Crippen MR) is 181 cm³/mol. The fourth-order valence-corrected chi connectivity index (χ4v) is 7.46. The number of carboxylic acid groups (broad SMARTS) is 2. The number of thiazole rings is 1. The Kier molecular flexibility index (Phi) is 11.2. The van der Waals surface area contributed by atoms with Gasteiger partial charge in [0, 0.05) is 36.3 Å². The summed E-state index contributed by atoms with van der Waals surface area (Å²) in [6.45, 7) is 5.40. The molecule has 0 saturated carbocycles. The molecule has 0 radical (unpaired) electrons. The molecule has 1 aromatic carbocycles. The third-order valence-corrected chi connectivity index (χ3v) is 10.2. The first-order valence-corrected chi connectivity index (χ1v) is 17.3. The van der Waals surface area contributed by atoms with Gasteiger partial charge in [0.15, 0.2) is 28.1 Å². The van der Waals surface area contributed by atoms with Gasteiger partial charge in [-0.3, -0.25) is 19.3 Å². The van der Waals surface area contributed by atoms with Crippen molar-refractivity contribution in [2.24, 2.45) is 17.0 Å². The zero-order chi connectivity index (χ0) is 37.2. The highest BCUT2D eigenvalue weighted by molar-refractivity contribution is 7.19. The molecule has 0 bridgehead atoms. The normalized spacial score (nSPS) is 20.5. The monoisotopic (exact) mass is 749 g/mol. The van der Waals surface area contributed by atoms with Crippen molar-refractivity contribution in [3.05, 3.63) is 45.1 Å². The number of nitrogens with zero attached hydrogens (tertiary/aromatic N) is 4. The molecule has 1 aromatic heterocycles. The molecule has 0 unspecified atom stereocenters. The number of oxime groups is 1. The predicted octanol–water partition coefficient (Wildman–Crippen LogP) is 1.77. The Labute approximate surface area is 300 Å². The second-order valence-corrected chi connectivity index (χ2v) is 14.6. The molecule has 3 atom stereocenters. The van der Waals surface area contributed by atoms with Crippen molar-refractivity contribution in [3.63, 3.8) is 0 Å². The number of rotatable bonds is 15. The van der Waals surface area contributed by atoms with E-state index >= 15 is 0 Å². The summed E-state index contributed by atoms with van der Waals surface area (Å²) in [6.07, 6.45) is -1.21. The van der Waals surface area contributed by atoms with E-state index in [1.807, 2.05) is 0 Å². The molecule has 2 aromatic rings. The van der Waals surface area contributed by atoms with Crippen LogP contribution in [0.3, 0.4) is 0 Å². The number of nitrogens with one attached hydrogen (secondary N) is 1. The number of anilines is 1. The van der Waals surface area contributed by atoms with Gasteiger partial charge in [-0.05, 0) is 18.2 Å². The van der Waals surface area contributed by atoms with E-state index in [0.29, 0.717) is 29.7 Å². The lowest BCUT2D eigenvalue weighted by Crippen LogP contribution is -2.65. The number of quaternary nitrogens is 1. The molecular formula is C32H38ClN6O11S+. The van der Waals surface area contributed by atoms with Crippen molar-refractivity contribution in [2.45, 2.75) is 45.4 Å². The van der Waals surface area contributed by atoms with Gasteiger partial charge in [-0.25, -0.2) is 14.6 Å². The SMILES string of the molecule is CC(C)[C@H](O/N=C(/C(=O)C[C@@H]1C(=O)N2C(C(=O)O)=C(C[N+]3(CCNC(=O)c4ccc(O)c(O)c4)CCCC3)CO[C@H]12)c1nc(N)sc1Cl)C(=O)O. The Morgan fingerprint density at radius 3 is 2.49 bits per heavy atom. The highest BCUT2D eigenvalue weighted by Gasteiger charge is 2.55. The maximum atomic E-state index is 13.6. The summed E-state index contributed by atoms with van der Waals surface area (Å²) < 4.78 is 6.44. The minimum atomic E-state index is -1.40. The first-order chi connectivity index (χ1) is 24.1. The number of fused-ring (bicyclic) bond motifs is 1. The van der Waals surface area contributed by atoms with Crippen LogP contribution in [0.15, 0.2) is 34.6 Å². The topological polar surface area (TPSA) is 251 Å². The fraction of sp³-hybridized carbons (Fsp3) is 0.469. The van der Waals surface area contributed by atoms with E-state index in [0.717, 1.165) is 35.1 Å². The second kappa shape index (κ2) is 15.2. The highest BCUT2D eigenvalue weighted by Crippen LogP contribution is 2.40. The Balaban J connectivity index is 1.30. The van der Waals surface area contributed by atoms with Crippen molar-refractivity contribution in [3.8, 4) is 11.5 Å². The third-order valence-electron chi connectivity index (χ3n) is 9.11. The van der Waals surface area contributed by atoms with Crippen LogP contribution in [0.4, 0.5) is 5.13 Å². The number of carboxylic acids is 2. The van der Waals surface area contributed by atoms with E-state index in [9.17, 15) is 44.4 Å². The maximum absolute atomic E-state index is 13.6. The molecule has 17 nitrogen and oxygen atoms in total. The standard InChI is InChI=1S/C32H37ClN6O11S/c1-15(2)25(31(47)48)50-37-22(23-26(33)51-32(34)36-23)21(42)12-18-28(44)38-24(30(45)46)17(14-49-29(18)38)13-39(8-3-4-9-39)10-7-35-27(43)16-5-6-19(40)20(41)11-16/h5-6,11,15,18,25,29H,3-4,7-10,12-14H2,1-2H3,(H6-,34,35,36,37,40,41,42,43,45,46,47,48)/p+1/t18-,25+,29-/m1/s1. The number of carbonyl (C=O) groups is 5. The maximum Gasteiger partial charge on any atom is 0.352 e. The highest BCUT2D eigenvalue weighted by atomic mass is 35.5. The largest absolute Gasteiger partial charge is 0.504 e. The number of carbonyl (C=O) groups excluding carboxylic acids is 3. The van der Waals surface area contributed by atoms with Gasteiger partial charge in [0.1, 0.15) is 28.5 Å². The number of phenols is 2. The zero-order valence-electron chi connectivity index (χ0n) is 27.7. The van der Waals surface area contributed by atoms with Gasteiger partial charge in [-0.2, -0.15) is 0 Å². The van der Waals surface area contributed by atoms with Crippen LogP contribution < -0.4 is 11.1 Å². The smallest absolute Gasteiger partial charge is 0.352 e. The summed E-state index contributed by atoms with van der Waals surface area (Å²) >= 11 is 7.10. The number of ketones is 1. The summed E-state index contributed by atoms with van der Waals surface area (Å²) in [4.78, 5) is 74.4. The van der Waals surface area contributed by atoms with E-state index in [2.05, 4.69) is 15.5 Å². The first kappa shape index (κ1) is 37.5. The lowest BCUT2D eigenvalue weighted by Gasteiger charge is -2.50. The van der Waals surface area contributed by atoms with E-state index in [1.54, 1.807) is 13.8 Å². The van der Waals surface area contributed by atoms with Gasteiger partial charge in [0.25, 0.3) is 5.91 Å². The molecule has 3 aliphatic heterocycles. The summed E-state index contributed by atoms with van der Waals surface area (Å²) in [5.74, 6) is -6.90. The summed E-state index contributed by atoms with van der Waals surface area (Å²) in [5.41, 5.74) is 5.51. The number of hydrogen-bond acceptors (Lipinski definition) is 13. The summed E-state index contributed by atoms with van der Waals surface area (Å²) in [6, 6.07) is 3.75. The van der Waals surface area contributed by atoms with Crippen LogP contribution in [-0.2, 0) is 28.8 Å². The molecule has 19 heteroatoms. The Hall–Kier alpha value is -4.78. The molecule has 4 heterocycles. The van der Waals surface area contributed by atoms with Gasteiger partial charge in [-0.15, -0.1) is 0 Å². The third kappa shape index (κ3) is 7.93. The minimum Gasteiger partial charge on any atom is -0.504 e. The Bertz CT molecular complexity index is 1800. The summed E-state index contributed by atoms with van der Waals surface area (Å²) in [7, 11) is 0. The van der Waals surface area contributed by atoms with E-state index < -0.39 is 71.6 Å². The lowest BCUT2D eigenvalue weighted by atomic mass is 9.86. The van der Waals surface area contributed by atoms with Crippen LogP contribution in [-0.4, -0.2) is 122 Å². The van der Waals surface area contributed by atoms with Gasteiger partial charge in [-0.1, -0.05) is 41.9 Å². The fourth-order valence-electron chi connectivity index (χ4n) is 6.53. The number of ether oxygens (including phenoxy) is 1. The number of aromatic nitrogens is 1. The number of likely N-dealkylation sites (tertiary alicyclic amines) is 1. The van der Waals surface area contributed by atoms with Gasteiger partial charge < -0.3 is 45.5 Å². The van der Waals surface area contributed by atoms with Crippen LogP contribution in [0.2, 0.25) is 4.34 Å². The van der Waals surface area contributed by atoms with Gasteiger partial charge in [0.2, 0.25) is 12.0 Å². The van der Waals surface area contributed by atoms with E-state index in [-0.39, 0.29) is 51.9 Å². The molecule has 51 heavy (non-hydrogen) atoms. The molecule has 0 spiro atoms. The van der Waals surface area contributed by atoms with Crippen molar-refractivity contribution in [1.82, 2.24) is 15.2 Å². The molecule has 5 rings (SSSR count). The van der Waals surface area contributed by atoms with Crippen molar-refractivity contribution in [1.29, 1.82) is 0 Å². The van der Waals surface area contributed by atoms with Crippen molar-refractivity contribution < 1.29 is 58.5 Å². The minimum absolute atomic E-state index is 0.00553. The average Bonchev–Trinajstić information content (AvgIpc) is 3.67. The molecule has 0 aliphatic carbocycles. The molecule has 7 N–H and O–H groups in total. The number of halogens is 1. The number of aromatic hydroxyl groups is 2. The van der Waals surface area contributed by atoms with Crippen LogP contribution in [0.25, 0.3) is 0 Å². The number of aliphatic carboxylic acids is 2. The average molecular weight is 750 g/mol. The van der Waals surface area contributed by atoms with E-state index in [1.165, 1.54) is 12.1 Å². The van der Waals surface area contributed by atoms with Gasteiger partial charge >= 0.3 is 11.9 Å². The number of nitrogens with two attached hydrogens (primary N) is 1. The number of Topliss-reactive ketones (excluding diaryl/α,β-unsaturated/α-hetero) is 1. The Morgan fingerprint density at radius 1 is 1.20 bits per heavy atom. The van der Waals surface area contributed by atoms with Crippen LogP contribution in [0.1, 0.15) is 49.2 Å². The second-order valence-electron chi connectivity index (χ2n) is 13.0. The molecule has 2 saturated heterocycles. The van der Waals surface area contributed by atoms with Gasteiger partial charge in [0.05, 0.1) is 38.7 Å². The zero-order valence-corrected chi connectivity index (χ0v) is 29.3. The number of phenolic OH excluding ortho intramolecular Hbond substituents is 2. The number of amides is 2. The quantitative estimate of drug-likeness (QED) is 0.0500. The first-order valence-electron chi connectivity index (χ1n) is 16.1. The number of β-lactam (4-membered cyclic amide) rings is 1. The summed E-state index contributed by atoms with van der Waals surface area (Å²) in [5, 5.41) is 45.7. The molecule has 2 amide bonds. The van der Waals surface area contributed by atoms with Crippen LogP contribution in [0, 0.1) is 11.8 Å². The molecule has 274 valence electrons. The van der Waals surface area contributed by atoms with Crippen LogP contribution in [0.5, 0.6) is 11.5 Å². The molecule has 2 fully saturated rings. The van der Waals surface area contributed by atoms with Crippen molar-refractivity contribution >= 4 is 63.3 Å². The molecule has 3 aliphatic rings. The number of hydrogen-bond donors (Lipinski definition) is 6. The molecular weight excluding hydrogens is 712 g/mol.